The number of esters is 1. The number of rotatable bonds is 4. The van der Waals surface area contributed by atoms with Crippen LogP contribution < -0.4 is 11.0 Å². The van der Waals surface area contributed by atoms with E-state index in [1.165, 1.54) is 12.3 Å². The number of hydrogen-bond acceptors (Lipinski definition) is 6. The Kier molecular flexibility index (Phi) is 4.45. The lowest BCUT2D eigenvalue weighted by atomic mass is 10.3. The van der Waals surface area contributed by atoms with E-state index in [0.29, 0.717) is 5.82 Å². The van der Waals surface area contributed by atoms with Gasteiger partial charge >= 0.3 is 11.7 Å². The molecule has 7 nitrogen and oxygen atoms in total. The van der Waals surface area contributed by atoms with Gasteiger partial charge in [0, 0.05) is 12.4 Å². The molecule has 88 valence electrons. The molecule has 1 aromatic heterocycles. The van der Waals surface area contributed by atoms with Crippen LogP contribution in [0.5, 0.6) is 0 Å². The van der Waals surface area contributed by atoms with Crippen LogP contribution in [-0.2, 0) is 9.53 Å². The fraction of sp³-hybridized carbons (Fsp3) is 0.200. The van der Waals surface area contributed by atoms with Crippen LogP contribution in [0.4, 0.5) is 5.82 Å². The Hall–Kier alpha value is -2.62. The third-order valence-corrected chi connectivity index (χ3v) is 1.66. The second kappa shape index (κ2) is 6.07. The highest BCUT2D eigenvalue weighted by Crippen LogP contribution is 2.00. The summed E-state index contributed by atoms with van der Waals surface area (Å²) in [5.41, 5.74) is -0.720. The number of aromatic nitrogens is 2. The number of carbonyl (C=O) groups is 1. The summed E-state index contributed by atoms with van der Waals surface area (Å²) in [6.45, 7) is 1.82. The van der Waals surface area contributed by atoms with E-state index in [4.69, 9.17) is 5.26 Å². The van der Waals surface area contributed by atoms with Crippen molar-refractivity contribution in [1.82, 2.24) is 9.97 Å². The SMILES string of the molecule is CCOC(=O)/C(C#N)=C/Nc1ccnc(=O)[nH]1. The van der Waals surface area contributed by atoms with Crippen LogP contribution in [0.3, 0.4) is 0 Å². The maximum atomic E-state index is 11.2. The number of H-pyrrole nitrogens is 1. The normalized spacial score (nSPS) is 10.5. The number of anilines is 1. The number of nitriles is 1. The van der Waals surface area contributed by atoms with E-state index in [0.717, 1.165) is 6.20 Å². The summed E-state index contributed by atoms with van der Waals surface area (Å²) in [4.78, 5) is 27.9. The van der Waals surface area contributed by atoms with Crippen LogP contribution in [0.25, 0.3) is 0 Å². The number of hydrogen-bond donors (Lipinski definition) is 2. The third-order valence-electron chi connectivity index (χ3n) is 1.66. The molecule has 1 heterocycles. The third kappa shape index (κ3) is 3.79. The Morgan fingerprint density at radius 2 is 2.53 bits per heavy atom. The van der Waals surface area contributed by atoms with Gasteiger partial charge in [0.25, 0.3) is 0 Å². The first kappa shape index (κ1) is 12.4. The fourth-order valence-electron chi connectivity index (χ4n) is 0.948. The molecule has 1 rings (SSSR count). The molecule has 0 amide bonds. The van der Waals surface area contributed by atoms with Gasteiger partial charge < -0.3 is 10.1 Å². The van der Waals surface area contributed by atoms with Crippen molar-refractivity contribution in [2.45, 2.75) is 6.92 Å². The molecule has 0 aliphatic heterocycles. The average molecular weight is 234 g/mol. The molecule has 2 N–H and O–H groups in total. The number of carbonyl (C=O) groups excluding carboxylic acids is 1. The molecule has 0 saturated heterocycles. The van der Waals surface area contributed by atoms with Crippen LogP contribution in [0.2, 0.25) is 0 Å². The van der Waals surface area contributed by atoms with Gasteiger partial charge in [-0.2, -0.15) is 5.26 Å². The maximum Gasteiger partial charge on any atom is 0.350 e. The van der Waals surface area contributed by atoms with Crippen molar-refractivity contribution in [1.29, 1.82) is 5.26 Å². The lowest BCUT2D eigenvalue weighted by Gasteiger charge is -2.01. The van der Waals surface area contributed by atoms with Gasteiger partial charge in [-0.3, -0.25) is 4.98 Å². The molecule has 1 aromatic rings. The first-order valence-corrected chi connectivity index (χ1v) is 4.76. The van der Waals surface area contributed by atoms with Crippen molar-refractivity contribution in [3.05, 3.63) is 34.5 Å². The second-order valence-electron chi connectivity index (χ2n) is 2.82. The number of nitrogens with zero attached hydrogens (tertiary/aromatic N) is 2. The van der Waals surface area contributed by atoms with E-state index in [1.54, 1.807) is 13.0 Å². The minimum Gasteiger partial charge on any atom is -0.462 e. The van der Waals surface area contributed by atoms with Gasteiger partial charge in [0.15, 0.2) is 5.57 Å². The molecule has 7 heteroatoms. The van der Waals surface area contributed by atoms with E-state index in [1.807, 2.05) is 0 Å². The first-order valence-electron chi connectivity index (χ1n) is 4.76. The number of nitrogens with one attached hydrogen (secondary N) is 2. The Bertz CT molecular complexity index is 527. The van der Waals surface area contributed by atoms with Gasteiger partial charge in [-0.25, -0.2) is 14.6 Å². The standard InChI is InChI=1S/C10H10N4O3/c1-2-17-9(15)7(5-11)6-13-8-3-4-12-10(16)14-8/h3-4,6H,2H2,1H3,(H2,12,13,14,16)/b7-6+. The molecule has 0 unspecified atom stereocenters. The molecule has 0 atom stereocenters. The molecule has 0 aromatic carbocycles. The average Bonchev–Trinajstić information content (AvgIpc) is 2.30. The summed E-state index contributed by atoms with van der Waals surface area (Å²) in [5, 5.41) is 11.3. The van der Waals surface area contributed by atoms with E-state index in [9.17, 15) is 9.59 Å². The predicted molar refractivity (Wildman–Crippen MR) is 58.8 cm³/mol. The highest BCUT2D eigenvalue weighted by molar-refractivity contribution is 5.93. The van der Waals surface area contributed by atoms with Crippen molar-refractivity contribution in [3.8, 4) is 6.07 Å². The zero-order chi connectivity index (χ0) is 12.7. The van der Waals surface area contributed by atoms with Crippen LogP contribution >= 0.6 is 0 Å². The predicted octanol–water partition coefficient (Wildman–Crippen LogP) is 0.152. The summed E-state index contributed by atoms with van der Waals surface area (Å²) in [6.07, 6.45) is 2.45. The van der Waals surface area contributed by atoms with Crippen LogP contribution in [0, 0.1) is 11.3 Å². The smallest absolute Gasteiger partial charge is 0.350 e. The molecule has 0 bridgehead atoms. The highest BCUT2D eigenvalue weighted by atomic mass is 16.5. The first-order chi connectivity index (χ1) is 8.17. The lowest BCUT2D eigenvalue weighted by molar-refractivity contribution is -0.138. The zero-order valence-corrected chi connectivity index (χ0v) is 9.06. The van der Waals surface area contributed by atoms with Crippen molar-refractivity contribution in [2.24, 2.45) is 0 Å². The Balaban J connectivity index is 2.78. The maximum absolute atomic E-state index is 11.2. The van der Waals surface area contributed by atoms with Crippen molar-refractivity contribution in [2.75, 3.05) is 11.9 Å². The molecule has 0 saturated carbocycles. The highest BCUT2D eigenvalue weighted by Gasteiger charge is 2.08. The van der Waals surface area contributed by atoms with Gasteiger partial charge in [0.05, 0.1) is 6.61 Å². The largest absolute Gasteiger partial charge is 0.462 e. The van der Waals surface area contributed by atoms with Gasteiger partial charge in [-0.15, -0.1) is 0 Å². The van der Waals surface area contributed by atoms with Gasteiger partial charge in [0.1, 0.15) is 11.9 Å². The molecule has 0 spiro atoms. The lowest BCUT2D eigenvalue weighted by Crippen LogP contribution is -2.12. The van der Waals surface area contributed by atoms with Crippen molar-refractivity contribution < 1.29 is 9.53 Å². The topological polar surface area (TPSA) is 108 Å². The molecule has 17 heavy (non-hydrogen) atoms. The van der Waals surface area contributed by atoms with Gasteiger partial charge in [-0.1, -0.05) is 0 Å². The Labute approximate surface area is 96.7 Å². The number of ether oxygens (including phenoxy) is 1. The van der Waals surface area contributed by atoms with E-state index >= 15 is 0 Å². The van der Waals surface area contributed by atoms with E-state index in [2.05, 4.69) is 20.0 Å². The van der Waals surface area contributed by atoms with Crippen LogP contribution in [-0.4, -0.2) is 22.5 Å². The van der Waals surface area contributed by atoms with Gasteiger partial charge in [0.2, 0.25) is 0 Å². The Morgan fingerprint density at radius 1 is 1.76 bits per heavy atom. The summed E-state index contributed by atoms with van der Waals surface area (Å²) >= 11 is 0. The fourth-order valence-corrected chi connectivity index (χ4v) is 0.948. The quantitative estimate of drug-likeness (QED) is 0.436. The zero-order valence-electron chi connectivity index (χ0n) is 9.06. The molecule has 0 fully saturated rings. The molecule has 0 aliphatic rings. The van der Waals surface area contributed by atoms with Crippen LogP contribution in [0.15, 0.2) is 28.8 Å². The van der Waals surface area contributed by atoms with E-state index in [-0.39, 0.29) is 12.2 Å². The Morgan fingerprint density at radius 3 is 3.12 bits per heavy atom. The minimum absolute atomic E-state index is 0.184. The molecule has 0 radical (unpaired) electrons. The van der Waals surface area contributed by atoms with Crippen molar-refractivity contribution in [3.63, 3.8) is 0 Å². The molecular weight excluding hydrogens is 224 g/mol. The van der Waals surface area contributed by atoms with Crippen LogP contribution in [0.1, 0.15) is 6.92 Å². The summed E-state index contributed by atoms with van der Waals surface area (Å²) < 4.78 is 4.65. The monoisotopic (exact) mass is 234 g/mol. The van der Waals surface area contributed by atoms with Gasteiger partial charge in [-0.05, 0) is 13.0 Å². The summed E-state index contributed by atoms with van der Waals surface area (Å²) in [6, 6.07) is 3.17. The summed E-state index contributed by atoms with van der Waals surface area (Å²) in [5.74, 6) is -0.402. The summed E-state index contributed by atoms with van der Waals surface area (Å²) in [7, 11) is 0. The van der Waals surface area contributed by atoms with Crippen molar-refractivity contribution >= 4 is 11.8 Å². The van der Waals surface area contributed by atoms with E-state index < -0.39 is 11.7 Å². The number of aromatic amines is 1. The molecule has 0 aliphatic carbocycles. The molecular formula is C10H10N4O3. The minimum atomic E-state index is -0.723. The second-order valence-corrected chi connectivity index (χ2v) is 2.82.